The Hall–Kier alpha value is -2.49. The van der Waals surface area contributed by atoms with Crippen LogP contribution in [-0.4, -0.2) is 11.6 Å². The highest BCUT2D eigenvalue weighted by Crippen LogP contribution is 2.64. The molecule has 0 saturated heterocycles. The minimum atomic E-state index is -0.774. The van der Waals surface area contributed by atoms with Crippen molar-refractivity contribution in [3.8, 4) is 11.5 Å². The third-order valence-corrected chi connectivity index (χ3v) is 5.59. The van der Waals surface area contributed by atoms with Crippen LogP contribution in [0.5, 0.6) is 11.5 Å². The first-order valence-corrected chi connectivity index (χ1v) is 8.46. The van der Waals surface area contributed by atoms with Gasteiger partial charge in [0.1, 0.15) is 0 Å². The molecule has 0 aromatic heterocycles. The molecule has 1 aliphatic carbocycles. The fourth-order valence-electron chi connectivity index (χ4n) is 4.75. The first-order chi connectivity index (χ1) is 11.6. The van der Waals surface area contributed by atoms with Crippen molar-refractivity contribution in [3.05, 3.63) is 53.6 Å². The van der Waals surface area contributed by atoms with Crippen molar-refractivity contribution < 1.29 is 14.3 Å². The molecule has 24 heavy (non-hydrogen) atoms. The summed E-state index contributed by atoms with van der Waals surface area (Å²) in [5.74, 6) is 1.48. The van der Waals surface area contributed by atoms with Gasteiger partial charge in [-0.15, -0.1) is 0 Å². The Balaban J connectivity index is 1.81. The highest BCUT2D eigenvalue weighted by Gasteiger charge is 2.71. The number of para-hydroxylation sites is 1. The zero-order chi connectivity index (χ0) is 16.5. The highest BCUT2D eigenvalue weighted by molar-refractivity contribution is 5.97. The molecule has 122 valence electrons. The molecule has 2 heterocycles. The molecule has 4 nitrogen and oxygen atoms in total. The number of benzene rings is 2. The van der Waals surface area contributed by atoms with Crippen LogP contribution in [-0.2, 0) is 10.4 Å². The Bertz CT molecular complexity index is 877. The molecule has 0 bridgehead atoms. The van der Waals surface area contributed by atoms with Gasteiger partial charge in [-0.2, -0.15) is 0 Å². The second-order valence-corrected chi connectivity index (χ2v) is 6.99. The van der Waals surface area contributed by atoms with Crippen molar-refractivity contribution in [1.29, 1.82) is 0 Å². The lowest BCUT2D eigenvalue weighted by Crippen LogP contribution is -2.64. The second kappa shape index (κ2) is 4.32. The van der Waals surface area contributed by atoms with Crippen LogP contribution in [0.4, 0.5) is 5.69 Å². The Morgan fingerprint density at radius 1 is 1.08 bits per heavy atom. The van der Waals surface area contributed by atoms with Crippen LogP contribution in [0.25, 0.3) is 0 Å². The number of anilines is 1. The first-order valence-electron chi connectivity index (χ1n) is 8.46. The monoisotopic (exact) mass is 321 g/mol. The van der Waals surface area contributed by atoms with Crippen molar-refractivity contribution in [3.63, 3.8) is 0 Å². The Morgan fingerprint density at radius 2 is 1.92 bits per heavy atom. The van der Waals surface area contributed by atoms with Gasteiger partial charge in [-0.05, 0) is 43.5 Å². The van der Waals surface area contributed by atoms with E-state index in [1.54, 1.807) is 6.92 Å². The molecule has 3 aliphatic rings. The minimum Gasteiger partial charge on any atom is -0.472 e. The molecule has 4 heteroatoms. The summed E-state index contributed by atoms with van der Waals surface area (Å²) in [6.45, 7) is 3.64. The van der Waals surface area contributed by atoms with E-state index < -0.39 is 11.3 Å². The van der Waals surface area contributed by atoms with Gasteiger partial charge in [0, 0.05) is 18.9 Å². The van der Waals surface area contributed by atoms with Crippen LogP contribution < -0.4 is 14.4 Å². The maximum atomic E-state index is 12.6. The topological polar surface area (TPSA) is 38.8 Å². The number of aryl methyl sites for hydroxylation is 1. The molecule has 1 amide bonds. The number of hydrogen-bond acceptors (Lipinski definition) is 3. The third-order valence-electron chi connectivity index (χ3n) is 5.59. The van der Waals surface area contributed by atoms with Crippen LogP contribution in [0, 0.1) is 6.92 Å². The van der Waals surface area contributed by atoms with Gasteiger partial charge in [0.2, 0.25) is 11.6 Å². The number of carbonyl (C=O) groups is 1. The van der Waals surface area contributed by atoms with Gasteiger partial charge < -0.3 is 9.47 Å². The summed E-state index contributed by atoms with van der Waals surface area (Å²) in [5.41, 5.74) is 1.70. The van der Waals surface area contributed by atoms with Crippen LogP contribution in [0.3, 0.4) is 0 Å². The number of carbonyl (C=O) groups excluding carboxylic acids is 1. The lowest BCUT2D eigenvalue weighted by atomic mass is 9.87. The van der Waals surface area contributed by atoms with E-state index in [1.807, 2.05) is 48.2 Å². The van der Waals surface area contributed by atoms with E-state index in [9.17, 15) is 4.79 Å². The van der Waals surface area contributed by atoms with E-state index >= 15 is 0 Å². The van der Waals surface area contributed by atoms with Crippen molar-refractivity contribution in [1.82, 2.24) is 0 Å². The Labute approximate surface area is 141 Å². The summed E-state index contributed by atoms with van der Waals surface area (Å²) >= 11 is 0. The average Bonchev–Trinajstić information content (AvgIpc) is 3.02. The summed E-state index contributed by atoms with van der Waals surface area (Å²) < 4.78 is 13.2. The van der Waals surface area contributed by atoms with Gasteiger partial charge in [-0.1, -0.05) is 24.3 Å². The largest absolute Gasteiger partial charge is 0.472 e. The van der Waals surface area contributed by atoms with E-state index in [2.05, 4.69) is 6.07 Å². The van der Waals surface area contributed by atoms with Gasteiger partial charge in [0.25, 0.3) is 0 Å². The molecule has 2 aromatic carbocycles. The van der Waals surface area contributed by atoms with Crippen molar-refractivity contribution in [2.45, 2.75) is 44.4 Å². The molecular weight excluding hydrogens is 302 g/mol. The molecule has 1 fully saturated rings. The zero-order valence-corrected chi connectivity index (χ0v) is 13.8. The Morgan fingerprint density at radius 3 is 2.75 bits per heavy atom. The summed E-state index contributed by atoms with van der Waals surface area (Å²) in [6, 6.07) is 14.0. The number of hydrogen-bond donors (Lipinski definition) is 0. The van der Waals surface area contributed by atoms with E-state index in [0.717, 1.165) is 47.6 Å². The van der Waals surface area contributed by atoms with Crippen LogP contribution in [0.2, 0.25) is 0 Å². The lowest BCUT2D eigenvalue weighted by molar-refractivity contribution is -0.137. The second-order valence-electron chi connectivity index (χ2n) is 6.99. The lowest BCUT2D eigenvalue weighted by Gasteiger charge is -2.48. The van der Waals surface area contributed by atoms with Gasteiger partial charge in [0.15, 0.2) is 17.1 Å². The number of nitrogens with zero attached hydrogens (tertiary/aromatic N) is 1. The highest BCUT2D eigenvalue weighted by atomic mass is 16.6. The maximum absolute atomic E-state index is 12.6. The number of ether oxygens (including phenoxy) is 2. The van der Waals surface area contributed by atoms with Gasteiger partial charge in [-0.25, -0.2) is 0 Å². The summed E-state index contributed by atoms with van der Waals surface area (Å²) in [4.78, 5) is 14.4. The third kappa shape index (κ3) is 1.42. The summed E-state index contributed by atoms with van der Waals surface area (Å²) in [6.07, 6.45) is 2.58. The molecule has 1 saturated carbocycles. The van der Waals surface area contributed by atoms with Gasteiger partial charge >= 0.3 is 0 Å². The Kier molecular flexibility index (Phi) is 2.50. The van der Waals surface area contributed by atoms with Crippen molar-refractivity contribution >= 4 is 11.6 Å². The van der Waals surface area contributed by atoms with E-state index in [4.69, 9.17) is 9.47 Å². The smallest absolute Gasteiger partial charge is 0.233 e. The molecule has 2 atom stereocenters. The number of rotatable bonds is 0. The fraction of sp³-hybridized carbons (Fsp3) is 0.350. The fourth-order valence-corrected chi connectivity index (χ4v) is 4.75. The SMILES string of the molecule is CC(=O)N1c2ccccc2[C@@]23CCC[C@@]12Oc1cc(C)ccc1O3. The van der Waals surface area contributed by atoms with E-state index in [1.165, 1.54) is 0 Å². The standard InChI is InChI=1S/C20H19NO3/c1-13-8-9-17-18(12-13)24-20-11-5-10-19(20,23-17)15-6-3-4-7-16(15)21(20)14(2)22/h3-4,6-9,12H,5,10-11H2,1-2H3/t19-,20-/m0/s1. The molecule has 2 aromatic rings. The van der Waals surface area contributed by atoms with Gasteiger partial charge in [-0.3, -0.25) is 9.69 Å². The van der Waals surface area contributed by atoms with Crippen molar-refractivity contribution in [2.24, 2.45) is 0 Å². The molecule has 0 N–H and O–H groups in total. The van der Waals surface area contributed by atoms with Crippen LogP contribution in [0.1, 0.15) is 37.3 Å². The first kappa shape index (κ1) is 13.9. The predicted molar refractivity (Wildman–Crippen MR) is 90.3 cm³/mol. The van der Waals surface area contributed by atoms with E-state index in [-0.39, 0.29) is 5.91 Å². The summed E-state index contributed by atoms with van der Waals surface area (Å²) in [5, 5.41) is 0. The molecule has 0 unspecified atom stereocenters. The molecule has 5 rings (SSSR count). The molecule has 0 radical (unpaired) electrons. The van der Waals surface area contributed by atoms with Gasteiger partial charge in [0.05, 0.1) is 5.69 Å². The quantitative estimate of drug-likeness (QED) is 0.738. The van der Waals surface area contributed by atoms with E-state index in [0.29, 0.717) is 0 Å². The normalized spacial score (nSPS) is 29.0. The average molecular weight is 321 g/mol. The molecular formula is C20H19NO3. The molecule has 2 aliphatic heterocycles. The number of amides is 1. The molecule has 0 spiro atoms. The number of fused-ring (bicyclic) bond motifs is 2. The predicted octanol–water partition coefficient (Wildman–Crippen LogP) is 3.91. The maximum Gasteiger partial charge on any atom is 0.233 e. The van der Waals surface area contributed by atoms with Crippen LogP contribution in [0.15, 0.2) is 42.5 Å². The zero-order valence-electron chi connectivity index (χ0n) is 13.8. The summed E-state index contributed by atoms with van der Waals surface area (Å²) in [7, 11) is 0. The minimum absolute atomic E-state index is 0.00840. The van der Waals surface area contributed by atoms with Crippen molar-refractivity contribution in [2.75, 3.05) is 4.90 Å². The van der Waals surface area contributed by atoms with Crippen LogP contribution >= 0.6 is 0 Å².